The van der Waals surface area contributed by atoms with Crippen molar-refractivity contribution in [2.75, 3.05) is 13.1 Å². The van der Waals surface area contributed by atoms with Gasteiger partial charge in [-0.25, -0.2) is 23.1 Å². The van der Waals surface area contributed by atoms with Crippen LogP contribution in [0.25, 0.3) is 11.1 Å². The molecule has 0 saturated carbocycles. The van der Waals surface area contributed by atoms with Crippen LogP contribution in [0.3, 0.4) is 0 Å². The van der Waals surface area contributed by atoms with Crippen molar-refractivity contribution in [1.29, 1.82) is 0 Å². The van der Waals surface area contributed by atoms with Gasteiger partial charge < -0.3 is 4.90 Å². The molecule has 1 unspecified atom stereocenters. The highest BCUT2D eigenvalue weighted by Crippen LogP contribution is 2.33. The number of rotatable bonds is 3. The summed E-state index contributed by atoms with van der Waals surface area (Å²) in [6.07, 6.45) is 4.73. The number of nitrogens with zero attached hydrogens (tertiary/aromatic N) is 3. The van der Waals surface area contributed by atoms with E-state index in [9.17, 15) is 18.0 Å². The van der Waals surface area contributed by atoms with E-state index in [1.165, 1.54) is 11.2 Å². The molecular formula is C23H20F3N3O. The topological polar surface area (TPSA) is 46.1 Å². The molecule has 0 spiro atoms. The molecule has 1 saturated heterocycles. The zero-order valence-electron chi connectivity index (χ0n) is 16.4. The Hall–Kier alpha value is -3.22. The van der Waals surface area contributed by atoms with Crippen LogP contribution in [0, 0.1) is 24.4 Å². The summed E-state index contributed by atoms with van der Waals surface area (Å²) in [7, 11) is 0. The first-order valence-corrected chi connectivity index (χ1v) is 9.75. The number of carbonyl (C=O) groups is 1. The lowest BCUT2D eigenvalue weighted by Gasteiger charge is -2.33. The largest absolute Gasteiger partial charge is 0.338 e. The highest BCUT2D eigenvalue weighted by atomic mass is 19.2. The maximum atomic E-state index is 14.1. The quantitative estimate of drug-likeness (QED) is 0.577. The average Bonchev–Trinajstić information content (AvgIpc) is 2.76. The van der Waals surface area contributed by atoms with Gasteiger partial charge in [0.2, 0.25) is 0 Å². The predicted molar refractivity (Wildman–Crippen MR) is 106 cm³/mol. The van der Waals surface area contributed by atoms with E-state index >= 15 is 0 Å². The third-order valence-corrected chi connectivity index (χ3v) is 5.44. The van der Waals surface area contributed by atoms with Gasteiger partial charge in [-0.3, -0.25) is 4.79 Å². The van der Waals surface area contributed by atoms with Gasteiger partial charge in [0.25, 0.3) is 5.91 Å². The molecule has 1 aliphatic heterocycles. The molecule has 7 heteroatoms. The van der Waals surface area contributed by atoms with Crippen molar-refractivity contribution in [3.63, 3.8) is 0 Å². The van der Waals surface area contributed by atoms with Gasteiger partial charge in [-0.15, -0.1) is 0 Å². The van der Waals surface area contributed by atoms with Gasteiger partial charge >= 0.3 is 0 Å². The second kappa shape index (κ2) is 8.26. The Morgan fingerprint density at radius 2 is 1.80 bits per heavy atom. The Labute approximate surface area is 172 Å². The zero-order chi connectivity index (χ0) is 21.3. The highest BCUT2D eigenvalue weighted by molar-refractivity contribution is 5.94. The number of aryl methyl sites for hydroxylation is 1. The average molecular weight is 411 g/mol. The molecule has 0 N–H and O–H groups in total. The predicted octanol–water partition coefficient (Wildman–Crippen LogP) is 4.89. The molecule has 30 heavy (non-hydrogen) atoms. The van der Waals surface area contributed by atoms with E-state index in [0.717, 1.165) is 28.8 Å². The van der Waals surface area contributed by atoms with E-state index in [2.05, 4.69) is 9.97 Å². The zero-order valence-corrected chi connectivity index (χ0v) is 16.4. The number of carbonyl (C=O) groups excluding carboxylic acids is 1. The lowest BCUT2D eigenvalue weighted by molar-refractivity contribution is 0.0700. The van der Waals surface area contributed by atoms with Crippen LogP contribution >= 0.6 is 0 Å². The molecule has 1 aliphatic rings. The van der Waals surface area contributed by atoms with Crippen molar-refractivity contribution in [1.82, 2.24) is 14.9 Å². The molecule has 154 valence electrons. The summed E-state index contributed by atoms with van der Waals surface area (Å²) in [4.78, 5) is 22.9. The molecule has 0 bridgehead atoms. The van der Waals surface area contributed by atoms with Crippen LogP contribution in [0.15, 0.2) is 48.9 Å². The molecule has 1 amide bonds. The monoisotopic (exact) mass is 411 g/mol. The van der Waals surface area contributed by atoms with Crippen LogP contribution in [-0.4, -0.2) is 33.9 Å². The Morgan fingerprint density at radius 3 is 2.57 bits per heavy atom. The SMILES string of the molecule is Cc1ccc(-c2cncnc2C2CCCN(C(=O)c3cc(F)c(F)cc3F)C2)cc1. The molecule has 0 radical (unpaired) electrons. The third kappa shape index (κ3) is 3.92. The van der Waals surface area contributed by atoms with Gasteiger partial charge in [0.05, 0.1) is 11.3 Å². The summed E-state index contributed by atoms with van der Waals surface area (Å²) in [5, 5.41) is 0. The van der Waals surface area contributed by atoms with Gasteiger partial charge in [0.1, 0.15) is 12.1 Å². The summed E-state index contributed by atoms with van der Waals surface area (Å²) in [6, 6.07) is 9.05. The molecule has 2 heterocycles. The summed E-state index contributed by atoms with van der Waals surface area (Å²) in [5.41, 5.74) is 3.36. The van der Waals surface area contributed by atoms with E-state index in [4.69, 9.17) is 0 Å². The normalized spacial score (nSPS) is 16.5. The first kappa shape index (κ1) is 20.1. The van der Waals surface area contributed by atoms with Crippen molar-refractivity contribution >= 4 is 5.91 Å². The van der Waals surface area contributed by atoms with E-state index in [-0.39, 0.29) is 5.92 Å². The molecule has 2 aromatic carbocycles. The number of hydrogen-bond donors (Lipinski definition) is 0. The Kier molecular flexibility index (Phi) is 5.53. The molecule has 1 atom stereocenters. The number of halogens is 3. The molecule has 3 aromatic rings. The summed E-state index contributed by atoms with van der Waals surface area (Å²) >= 11 is 0. The molecule has 4 rings (SSSR count). The minimum Gasteiger partial charge on any atom is -0.338 e. The van der Waals surface area contributed by atoms with Gasteiger partial charge in [-0.2, -0.15) is 0 Å². The molecule has 1 aromatic heterocycles. The van der Waals surface area contributed by atoms with Crippen molar-refractivity contribution in [3.8, 4) is 11.1 Å². The van der Waals surface area contributed by atoms with Gasteiger partial charge in [-0.05, 0) is 31.4 Å². The Bertz CT molecular complexity index is 1090. The van der Waals surface area contributed by atoms with Crippen molar-refractivity contribution in [2.45, 2.75) is 25.7 Å². The number of hydrogen-bond acceptors (Lipinski definition) is 3. The van der Waals surface area contributed by atoms with Crippen LogP contribution in [-0.2, 0) is 0 Å². The summed E-state index contributed by atoms with van der Waals surface area (Å²) in [5.74, 6) is -4.35. The van der Waals surface area contributed by atoms with Gasteiger partial charge in [0.15, 0.2) is 11.6 Å². The number of piperidine rings is 1. The number of benzene rings is 2. The third-order valence-electron chi connectivity index (χ3n) is 5.44. The molecule has 1 fully saturated rings. The van der Waals surface area contributed by atoms with Crippen LogP contribution in [0.1, 0.15) is 40.4 Å². The first-order valence-electron chi connectivity index (χ1n) is 9.75. The lowest BCUT2D eigenvalue weighted by atomic mass is 9.89. The van der Waals surface area contributed by atoms with E-state index in [0.29, 0.717) is 31.6 Å². The smallest absolute Gasteiger partial charge is 0.256 e. The van der Waals surface area contributed by atoms with Crippen LogP contribution in [0.2, 0.25) is 0 Å². The van der Waals surface area contributed by atoms with Crippen LogP contribution in [0.4, 0.5) is 13.2 Å². The van der Waals surface area contributed by atoms with Gasteiger partial charge in [0, 0.05) is 36.8 Å². The number of likely N-dealkylation sites (tertiary alicyclic amines) is 1. The second-order valence-corrected chi connectivity index (χ2v) is 7.52. The van der Waals surface area contributed by atoms with Crippen molar-refractivity contribution in [2.24, 2.45) is 0 Å². The fourth-order valence-electron chi connectivity index (χ4n) is 3.86. The van der Waals surface area contributed by atoms with Gasteiger partial charge in [-0.1, -0.05) is 29.8 Å². The molecular weight excluding hydrogens is 391 g/mol. The molecule has 4 nitrogen and oxygen atoms in total. The molecule has 0 aliphatic carbocycles. The van der Waals surface area contributed by atoms with E-state index in [1.54, 1.807) is 6.20 Å². The second-order valence-electron chi connectivity index (χ2n) is 7.52. The fraction of sp³-hybridized carbons (Fsp3) is 0.261. The minimum absolute atomic E-state index is 0.0737. The fourth-order valence-corrected chi connectivity index (χ4v) is 3.86. The van der Waals surface area contributed by atoms with Crippen molar-refractivity contribution < 1.29 is 18.0 Å². The Morgan fingerprint density at radius 1 is 1.07 bits per heavy atom. The maximum Gasteiger partial charge on any atom is 0.256 e. The van der Waals surface area contributed by atoms with E-state index in [1.807, 2.05) is 31.2 Å². The lowest BCUT2D eigenvalue weighted by Crippen LogP contribution is -2.40. The number of aromatic nitrogens is 2. The van der Waals surface area contributed by atoms with Crippen LogP contribution < -0.4 is 0 Å². The van der Waals surface area contributed by atoms with Crippen LogP contribution in [0.5, 0.6) is 0 Å². The maximum absolute atomic E-state index is 14.1. The first-order chi connectivity index (χ1) is 14.4. The van der Waals surface area contributed by atoms with E-state index < -0.39 is 28.9 Å². The highest BCUT2D eigenvalue weighted by Gasteiger charge is 2.30. The number of amides is 1. The standard InChI is InChI=1S/C23H20F3N3O/c1-14-4-6-15(7-5-14)18-11-27-13-28-22(18)16-3-2-8-29(12-16)23(30)17-9-20(25)21(26)10-19(17)24/h4-7,9-11,13,16H,2-3,8,12H2,1H3. The minimum atomic E-state index is -1.32. The van der Waals surface area contributed by atoms with Crippen molar-refractivity contribution in [3.05, 3.63) is 83.2 Å². The summed E-state index contributed by atoms with van der Waals surface area (Å²) < 4.78 is 40.9. The Balaban J connectivity index is 1.62. The summed E-state index contributed by atoms with van der Waals surface area (Å²) in [6.45, 7) is 2.74.